The molecular weight excluding hydrogens is 232 g/mol. The van der Waals surface area contributed by atoms with Crippen LogP contribution < -0.4 is 0 Å². The van der Waals surface area contributed by atoms with Crippen molar-refractivity contribution in [2.24, 2.45) is 11.8 Å². The van der Waals surface area contributed by atoms with Gasteiger partial charge in [0, 0.05) is 5.92 Å². The Morgan fingerprint density at radius 2 is 2.00 bits per heavy atom. The van der Waals surface area contributed by atoms with E-state index < -0.39 is 0 Å². The molecule has 2 aliphatic rings. The van der Waals surface area contributed by atoms with E-state index in [-0.39, 0.29) is 5.60 Å². The second-order valence-electron chi connectivity index (χ2n) is 6.53. The molecule has 0 radical (unpaired) electrons. The van der Waals surface area contributed by atoms with E-state index in [0.717, 1.165) is 12.8 Å². The number of ether oxygens (including phenoxy) is 1. The van der Waals surface area contributed by atoms with Crippen LogP contribution in [0.4, 0.5) is 0 Å². The first-order chi connectivity index (χ1) is 9.11. The fourth-order valence-corrected chi connectivity index (χ4v) is 3.64. The normalized spacial score (nSPS) is 33.6. The molecule has 1 fully saturated rings. The van der Waals surface area contributed by atoms with Crippen LogP contribution in [0.1, 0.15) is 39.2 Å². The van der Waals surface area contributed by atoms with E-state index in [9.17, 15) is 0 Å². The van der Waals surface area contributed by atoms with Gasteiger partial charge in [-0.15, -0.1) is 0 Å². The van der Waals surface area contributed by atoms with E-state index in [1.807, 2.05) is 0 Å². The van der Waals surface area contributed by atoms with Crippen LogP contribution in [0.3, 0.4) is 0 Å². The summed E-state index contributed by atoms with van der Waals surface area (Å²) in [4.78, 5) is 0. The van der Waals surface area contributed by atoms with Crippen LogP contribution in [0.15, 0.2) is 42.0 Å². The van der Waals surface area contributed by atoms with Crippen molar-refractivity contribution >= 4 is 0 Å². The summed E-state index contributed by atoms with van der Waals surface area (Å²) in [5.74, 6) is 1.22. The topological polar surface area (TPSA) is 9.23 Å². The zero-order valence-electron chi connectivity index (χ0n) is 12.2. The van der Waals surface area contributed by atoms with Gasteiger partial charge in [-0.1, -0.05) is 55.8 Å². The molecule has 3 atom stereocenters. The van der Waals surface area contributed by atoms with Crippen LogP contribution in [0, 0.1) is 11.8 Å². The van der Waals surface area contributed by atoms with E-state index in [1.54, 1.807) is 0 Å². The van der Waals surface area contributed by atoms with Gasteiger partial charge in [0.15, 0.2) is 0 Å². The van der Waals surface area contributed by atoms with Crippen molar-refractivity contribution in [2.45, 2.75) is 51.7 Å². The third-order valence-electron chi connectivity index (χ3n) is 5.09. The second kappa shape index (κ2) is 4.79. The number of rotatable bonds is 3. The van der Waals surface area contributed by atoms with Crippen molar-refractivity contribution in [3.63, 3.8) is 0 Å². The summed E-state index contributed by atoms with van der Waals surface area (Å²) in [6.07, 6.45) is 6.14. The Kier molecular flexibility index (Phi) is 3.26. The molecule has 0 spiro atoms. The van der Waals surface area contributed by atoms with Crippen molar-refractivity contribution in [1.82, 2.24) is 0 Å². The third kappa shape index (κ3) is 2.25. The predicted molar refractivity (Wildman–Crippen MR) is 79.1 cm³/mol. The largest absolute Gasteiger partial charge is 0.370 e. The molecule has 1 nitrogen and oxygen atoms in total. The quantitative estimate of drug-likeness (QED) is 0.729. The van der Waals surface area contributed by atoms with Crippen molar-refractivity contribution < 1.29 is 4.74 Å². The van der Waals surface area contributed by atoms with Crippen LogP contribution >= 0.6 is 0 Å². The Bertz CT molecular complexity index is 474. The highest BCUT2D eigenvalue weighted by Crippen LogP contribution is 2.49. The summed E-state index contributed by atoms with van der Waals surface area (Å²) >= 11 is 0. The van der Waals surface area contributed by atoms with E-state index in [2.05, 4.69) is 57.2 Å². The molecule has 1 aromatic carbocycles. The van der Waals surface area contributed by atoms with Crippen LogP contribution in [-0.4, -0.2) is 11.7 Å². The Morgan fingerprint density at radius 1 is 1.26 bits per heavy atom. The van der Waals surface area contributed by atoms with Gasteiger partial charge in [-0.25, -0.2) is 0 Å². The Labute approximate surface area is 116 Å². The molecular formula is C18H24O. The molecule has 3 rings (SSSR count). The molecule has 102 valence electrons. The zero-order valence-corrected chi connectivity index (χ0v) is 12.2. The lowest BCUT2D eigenvalue weighted by Gasteiger charge is -2.34. The van der Waals surface area contributed by atoms with Gasteiger partial charge in [-0.3, -0.25) is 0 Å². The van der Waals surface area contributed by atoms with Crippen LogP contribution in [-0.2, 0) is 11.2 Å². The van der Waals surface area contributed by atoms with Gasteiger partial charge >= 0.3 is 0 Å². The average molecular weight is 256 g/mol. The summed E-state index contributed by atoms with van der Waals surface area (Å²) in [6, 6.07) is 10.8. The van der Waals surface area contributed by atoms with Crippen LogP contribution in [0.5, 0.6) is 0 Å². The molecule has 0 amide bonds. The molecule has 0 N–H and O–H groups in total. The third-order valence-corrected chi connectivity index (χ3v) is 5.09. The highest BCUT2D eigenvalue weighted by molar-refractivity contribution is 5.23. The Balaban J connectivity index is 1.83. The maximum Gasteiger partial charge on any atom is 0.0750 e. The fraction of sp³-hybridized carbons (Fsp3) is 0.556. The van der Waals surface area contributed by atoms with E-state index in [1.165, 1.54) is 17.6 Å². The molecule has 1 aromatic rings. The number of benzene rings is 1. The van der Waals surface area contributed by atoms with Crippen molar-refractivity contribution in [1.29, 1.82) is 0 Å². The molecule has 1 heterocycles. The number of fused-ring (bicyclic) bond motifs is 2. The van der Waals surface area contributed by atoms with Gasteiger partial charge in [0.2, 0.25) is 0 Å². The monoisotopic (exact) mass is 256 g/mol. The molecule has 1 heteroatoms. The Hall–Kier alpha value is -1.08. The lowest BCUT2D eigenvalue weighted by Crippen LogP contribution is -2.35. The summed E-state index contributed by atoms with van der Waals surface area (Å²) in [7, 11) is 0. The predicted octanol–water partition coefficient (Wildman–Crippen LogP) is 4.38. The minimum atomic E-state index is 0.101. The standard InChI is InChI=1S/C18H24O/c1-13(2)18-10-9-14(3)16(12-18)17(19-18)11-15-7-5-4-6-8-15/h4-9,13,16-17H,10-12H2,1-3H3/t16-,17+,18-/m1/s1. The van der Waals surface area contributed by atoms with Gasteiger partial charge < -0.3 is 4.74 Å². The SMILES string of the molecule is CC1=CC[C@]2(C(C)C)C[C@H]1[C@H](Cc1ccccc1)O2. The second-order valence-corrected chi connectivity index (χ2v) is 6.53. The molecule has 1 saturated heterocycles. The highest BCUT2D eigenvalue weighted by atomic mass is 16.5. The minimum absolute atomic E-state index is 0.101. The highest BCUT2D eigenvalue weighted by Gasteiger charge is 2.50. The van der Waals surface area contributed by atoms with E-state index in [0.29, 0.717) is 17.9 Å². The van der Waals surface area contributed by atoms with Crippen LogP contribution in [0.2, 0.25) is 0 Å². The molecule has 2 bridgehead atoms. The smallest absolute Gasteiger partial charge is 0.0750 e. The summed E-state index contributed by atoms with van der Waals surface area (Å²) in [5, 5.41) is 0. The van der Waals surface area contributed by atoms with Gasteiger partial charge in [-0.2, -0.15) is 0 Å². The molecule has 1 aliphatic heterocycles. The van der Waals surface area contributed by atoms with Gasteiger partial charge in [0.25, 0.3) is 0 Å². The summed E-state index contributed by atoms with van der Waals surface area (Å²) in [5.41, 5.74) is 3.03. The zero-order chi connectivity index (χ0) is 13.5. The van der Waals surface area contributed by atoms with E-state index in [4.69, 9.17) is 4.74 Å². The molecule has 0 unspecified atom stereocenters. The van der Waals surface area contributed by atoms with Gasteiger partial charge in [-0.05, 0) is 37.7 Å². The molecule has 1 aliphatic carbocycles. The lowest BCUT2D eigenvalue weighted by molar-refractivity contribution is -0.0686. The maximum atomic E-state index is 6.56. The lowest BCUT2D eigenvalue weighted by atomic mass is 9.74. The first-order valence-corrected chi connectivity index (χ1v) is 7.49. The molecule has 0 aromatic heterocycles. The van der Waals surface area contributed by atoms with Crippen LogP contribution in [0.25, 0.3) is 0 Å². The molecule has 0 saturated carbocycles. The average Bonchev–Trinajstić information content (AvgIpc) is 2.72. The molecule has 19 heavy (non-hydrogen) atoms. The Morgan fingerprint density at radius 3 is 2.68 bits per heavy atom. The number of hydrogen-bond acceptors (Lipinski definition) is 1. The maximum absolute atomic E-state index is 6.56. The minimum Gasteiger partial charge on any atom is -0.370 e. The summed E-state index contributed by atoms with van der Waals surface area (Å²) < 4.78 is 6.56. The fourth-order valence-electron chi connectivity index (χ4n) is 3.64. The first-order valence-electron chi connectivity index (χ1n) is 7.49. The van der Waals surface area contributed by atoms with Crippen molar-refractivity contribution in [3.8, 4) is 0 Å². The first kappa shape index (κ1) is 12.9. The summed E-state index contributed by atoms with van der Waals surface area (Å²) in [6.45, 7) is 6.88. The van der Waals surface area contributed by atoms with Gasteiger partial charge in [0.1, 0.15) is 0 Å². The van der Waals surface area contributed by atoms with Crippen molar-refractivity contribution in [3.05, 3.63) is 47.5 Å². The van der Waals surface area contributed by atoms with Crippen molar-refractivity contribution in [2.75, 3.05) is 0 Å². The van der Waals surface area contributed by atoms with Gasteiger partial charge in [0.05, 0.1) is 11.7 Å². The number of hydrogen-bond donors (Lipinski definition) is 0. The van der Waals surface area contributed by atoms with E-state index >= 15 is 0 Å².